The highest BCUT2D eigenvalue weighted by atomic mass is 16.3. The van der Waals surface area contributed by atoms with Crippen LogP contribution in [0.15, 0.2) is 145 Å². The van der Waals surface area contributed by atoms with Crippen molar-refractivity contribution in [3.8, 4) is 0 Å². The van der Waals surface area contributed by atoms with Gasteiger partial charge in [0.05, 0.1) is 0 Å². The lowest BCUT2D eigenvalue weighted by molar-refractivity contribution is -0.163. The van der Waals surface area contributed by atoms with Gasteiger partial charge in [0, 0.05) is 187 Å². The zero-order chi connectivity index (χ0) is 78.1. The SMILES string of the molecule is CCc1oc2ccccc2c1CN1CCN2C(=O)C(C)NC(=O)C2C1.CCc1oc2ccccc2c1CN1CCN2C(=O)C(C3CCCCC3)NC(=O)C2C1.CCc1oc2ccccc2c1CN1CCN2C(=O)C(Cc3ccccc3)NC(=O)C2C1.CCc1oc2ccccc2c1CN1CCN2C(=O)C3CCCN3C(=O)C2C1. The number of hydrogen-bond donors (Lipinski definition) is 3. The molecule has 0 radical (unpaired) electrons. The monoisotopic (exact) mass is 1530 g/mol. The summed E-state index contributed by atoms with van der Waals surface area (Å²) in [6.45, 7) is 21.7. The van der Waals surface area contributed by atoms with Gasteiger partial charge >= 0.3 is 0 Å². The van der Waals surface area contributed by atoms with Crippen LogP contribution < -0.4 is 16.0 Å². The number of amides is 8. The van der Waals surface area contributed by atoms with Crippen LogP contribution in [0.2, 0.25) is 0 Å². The van der Waals surface area contributed by atoms with Crippen molar-refractivity contribution in [2.24, 2.45) is 5.92 Å². The summed E-state index contributed by atoms with van der Waals surface area (Å²) >= 11 is 0. The lowest BCUT2D eigenvalue weighted by Crippen LogP contribution is -2.70. The van der Waals surface area contributed by atoms with Crippen LogP contribution >= 0.6 is 0 Å². The fourth-order valence-corrected chi connectivity index (χ4v) is 19.3. The Labute approximate surface area is 659 Å². The van der Waals surface area contributed by atoms with E-state index in [1.807, 2.05) is 118 Å². The molecule has 3 N–H and O–H groups in total. The number of carbonyl (C=O) groups is 8. The number of fused-ring (bicyclic) bond motifs is 9. The minimum absolute atomic E-state index is 0.0163. The van der Waals surface area contributed by atoms with Crippen LogP contribution in [0.3, 0.4) is 0 Å². The molecular weight excluding hydrogens is 1430 g/mol. The average molecular weight is 1540 g/mol. The summed E-state index contributed by atoms with van der Waals surface area (Å²) in [6, 6.07) is 39.4. The number of furan rings is 4. The quantitative estimate of drug-likeness (QED) is 0.0864. The van der Waals surface area contributed by atoms with Gasteiger partial charge in [-0.2, -0.15) is 0 Å². The van der Waals surface area contributed by atoms with Gasteiger partial charge in [0.1, 0.15) is 93.7 Å². The third kappa shape index (κ3) is 15.5. The first-order chi connectivity index (χ1) is 55.0. The van der Waals surface area contributed by atoms with Gasteiger partial charge in [-0.05, 0) is 68.4 Å². The lowest BCUT2D eigenvalue weighted by Gasteiger charge is -2.47. The summed E-state index contributed by atoms with van der Waals surface area (Å²) in [7, 11) is 0. The van der Waals surface area contributed by atoms with Crippen molar-refractivity contribution in [3.05, 3.63) is 178 Å². The summed E-state index contributed by atoms with van der Waals surface area (Å²) < 4.78 is 24.1. The largest absolute Gasteiger partial charge is 0.461 e. The Kier molecular flexibility index (Phi) is 22.8. The van der Waals surface area contributed by atoms with E-state index in [0.29, 0.717) is 64.7 Å². The molecule has 8 unspecified atom stereocenters. The second kappa shape index (κ2) is 33.5. The summed E-state index contributed by atoms with van der Waals surface area (Å²) in [4.78, 5) is 121. The van der Waals surface area contributed by atoms with Gasteiger partial charge in [0.2, 0.25) is 47.3 Å². The van der Waals surface area contributed by atoms with E-state index in [2.05, 4.69) is 87.5 Å². The van der Waals surface area contributed by atoms with Crippen molar-refractivity contribution in [3.63, 3.8) is 0 Å². The number of nitrogens with zero attached hydrogens (tertiary/aromatic N) is 9. The van der Waals surface area contributed by atoms with Gasteiger partial charge in [-0.3, -0.25) is 58.0 Å². The summed E-state index contributed by atoms with van der Waals surface area (Å²) in [6.07, 6.45) is 11.3. The number of benzene rings is 5. The van der Waals surface area contributed by atoms with Crippen LogP contribution in [0.1, 0.15) is 130 Å². The Morgan fingerprint density at radius 2 is 0.690 bits per heavy atom. The van der Waals surface area contributed by atoms with Crippen molar-refractivity contribution in [2.45, 2.75) is 186 Å². The Morgan fingerprint density at radius 1 is 0.336 bits per heavy atom. The summed E-state index contributed by atoms with van der Waals surface area (Å²) in [5.74, 6) is 4.71. The van der Waals surface area contributed by atoms with Crippen LogP contribution in [0.4, 0.5) is 0 Å². The Bertz CT molecular complexity index is 5020. The number of piperazine rings is 8. The second-order valence-electron chi connectivity index (χ2n) is 32.1. The predicted molar refractivity (Wildman–Crippen MR) is 428 cm³/mol. The van der Waals surface area contributed by atoms with E-state index in [1.54, 1.807) is 16.7 Å². The third-order valence-corrected chi connectivity index (χ3v) is 25.3. The van der Waals surface area contributed by atoms with Gasteiger partial charge in [-0.1, -0.05) is 150 Å². The zero-order valence-electron chi connectivity index (χ0n) is 65.8. The fourth-order valence-electron chi connectivity index (χ4n) is 19.3. The minimum atomic E-state index is -0.484. The van der Waals surface area contributed by atoms with Crippen molar-refractivity contribution in [1.82, 2.24) is 60.0 Å². The normalized spacial score (nSPS) is 24.6. The number of rotatable bonds is 15. The summed E-state index contributed by atoms with van der Waals surface area (Å²) in [5, 5.41) is 13.4. The van der Waals surface area contributed by atoms with Crippen molar-refractivity contribution in [1.29, 1.82) is 0 Å². The molecule has 9 aromatic rings. The van der Waals surface area contributed by atoms with Crippen LogP contribution in [-0.2, 0) is 96.6 Å². The van der Waals surface area contributed by atoms with Crippen molar-refractivity contribution in [2.75, 3.05) is 85.1 Å². The van der Waals surface area contributed by atoms with Crippen LogP contribution in [-0.4, -0.2) is 225 Å². The number of para-hydroxylation sites is 4. The molecule has 24 nitrogen and oxygen atoms in total. The maximum absolute atomic E-state index is 13.2. The molecular formula is C89H106N12O12. The van der Waals surface area contributed by atoms with Gasteiger partial charge in [0.25, 0.3) is 0 Å². The van der Waals surface area contributed by atoms with Gasteiger partial charge in [-0.25, -0.2) is 0 Å². The van der Waals surface area contributed by atoms with Crippen LogP contribution in [0.5, 0.6) is 0 Å². The Morgan fingerprint density at radius 3 is 1.12 bits per heavy atom. The van der Waals surface area contributed by atoms with Gasteiger partial charge in [0.15, 0.2) is 0 Å². The maximum atomic E-state index is 13.2. The van der Waals surface area contributed by atoms with E-state index in [4.69, 9.17) is 17.7 Å². The van der Waals surface area contributed by atoms with Gasteiger partial charge in [-0.15, -0.1) is 0 Å². The molecule has 9 aliphatic heterocycles. The molecule has 10 aliphatic rings. The molecule has 8 amide bonds. The molecule has 4 aromatic heterocycles. The highest BCUT2D eigenvalue weighted by molar-refractivity contribution is 6.00. The van der Waals surface area contributed by atoms with E-state index in [9.17, 15) is 38.4 Å². The minimum Gasteiger partial charge on any atom is -0.461 e. The first-order valence-electron chi connectivity index (χ1n) is 41.4. The first-order valence-corrected chi connectivity index (χ1v) is 41.4. The molecule has 594 valence electrons. The van der Waals surface area contributed by atoms with Crippen LogP contribution in [0, 0.1) is 5.92 Å². The van der Waals surface area contributed by atoms with Crippen molar-refractivity contribution < 1.29 is 56.0 Å². The highest BCUT2D eigenvalue weighted by Crippen LogP contribution is 2.37. The average Bonchev–Trinajstić information content (AvgIpc) is 1.74. The fraction of sp³-hybridized carbons (Fsp3) is 0.483. The molecule has 1 saturated carbocycles. The first kappa shape index (κ1) is 76.8. The lowest BCUT2D eigenvalue weighted by atomic mass is 9.82. The van der Waals surface area contributed by atoms with Crippen molar-refractivity contribution >= 4 is 91.1 Å². The smallest absolute Gasteiger partial charge is 0.247 e. The Hall–Kier alpha value is -10.1. The molecule has 8 atom stereocenters. The maximum Gasteiger partial charge on any atom is 0.247 e. The molecule has 0 spiro atoms. The third-order valence-electron chi connectivity index (χ3n) is 25.3. The molecule has 0 bridgehead atoms. The van der Waals surface area contributed by atoms with E-state index < -0.39 is 18.1 Å². The molecule has 13 heterocycles. The molecule has 5 aromatic carbocycles. The molecule has 113 heavy (non-hydrogen) atoms. The van der Waals surface area contributed by atoms with E-state index in [-0.39, 0.29) is 77.5 Å². The summed E-state index contributed by atoms with van der Waals surface area (Å²) in [5.41, 5.74) is 9.53. The van der Waals surface area contributed by atoms with E-state index >= 15 is 0 Å². The topological polar surface area (TPSA) is 254 Å². The molecule has 24 heteroatoms. The molecule has 10 fully saturated rings. The number of aryl methyl sites for hydroxylation is 4. The standard InChI is InChI=1S/C25H27N3O3.C24H31N3O3.C21H25N3O3.C19H23N3O3/c1-2-22-19(18-10-6-7-11-23(18)31-22)15-27-12-13-28-21(16-27)24(29)26-20(25(28)30)14-17-8-4-3-5-9-17;1-2-20-18(17-10-6-7-11-21(17)30-20)14-26-12-13-27-19(15-26)23(28)25-22(24(27)29)16-8-4-3-5-9-16;1-2-18-15(14-6-3-4-8-19(14)27-18)12-22-10-11-24-17(13-22)21(26)23-9-5-7-16(23)20(24)25;1-3-16-14(13-6-4-5-7-17(13)25-16)10-21-8-9-22-15(11-21)18(23)20-12(2)19(22)24/h3-11,20-21H,2,12-16H2,1H3,(H,26,29);6-7,10-11,16,19,22H,2-5,8-9,12-15H2,1H3,(H,25,28);3-4,6,8,16-17H,2,5,7,9-13H2,1H3;4-7,12,15H,3,8-11H2,1-2H3,(H,20,23). The predicted octanol–water partition coefficient (Wildman–Crippen LogP) is 9.37. The molecule has 19 rings (SSSR count). The van der Waals surface area contributed by atoms with E-state index in [1.165, 1.54) is 41.5 Å². The Balaban J connectivity index is 0.000000114. The second-order valence-corrected chi connectivity index (χ2v) is 32.1. The van der Waals surface area contributed by atoms with Gasteiger partial charge < -0.3 is 58.1 Å². The van der Waals surface area contributed by atoms with Crippen LogP contribution in [0.25, 0.3) is 43.9 Å². The number of nitrogens with one attached hydrogen (secondary N) is 3. The molecule has 9 saturated heterocycles. The number of hydrogen-bond acceptors (Lipinski definition) is 16. The zero-order valence-corrected chi connectivity index (χ0v) is 65.8. The molecule has 1 aliphatic carbocycles. The van der Waals surface area contributed by atoms with E-state index in [0.717, 1.165) is 183 Å². The highest BCUT2D eigenvalue weighted by Gasteiger charge is 2.51. The number of carbonyl (C=O) groups excluding carboxylic acids is 8.